The summed E-state index contributed by atoms with van der Waals surface area (Å²) in [6.07, 6.45) is 1.26. The molecule has 0 N–H and O–H groups in total. The zero-order valence-corrected chi connectivity index (χ0v) is 18.6. The van der Waals surface area contributed by atoms with Crippen LogP contribution >= 0.6 is 0 Å². The summed E-state index contributed by atoms with van der Waals surface area (Å²) in [5, 5.41) is 0. The highest BCUT2D eigenvalue weighted by Crippen LogP contribution is 2.37. The Balaban J connectivity index is 1.43. The number of imide groups is 1. The largest absolute Gasteiger partial charge is 0.494 e. The van der Waals surface area contributed by atoms with Gasteiger partial charge in [0.1, 0.15) is 11.6 Å². The van der Waals surface area contributed by atoms with E-state index in [1.165, 1.54) is 21.9 Å². The maximum Gasteiger partial charge on any atom is 0.328 e. The summed E-state index contributed by atoms with van der Waals surface area (Å²) < 4.78 is 18.8. The van der Waals surface area contributed by atoms with Gasteiger partial charge in [-0.2, -0.15) is 0 Å². The van der Waals surface area contributed by atoms with E-state index in [2.05, 4.69) is 0 Å². The van der Waals surface area contributed by atoms with E-state index in [9.17, 15) is 14.0 Å². The standard InChI is InChI=1S/C24H24FN5O3/c1-4-33-19-11-9-18(10-12-19)30-15(2)13-28-20-21(26-23(28)30)27(3)24(32)29(22(20)31)14-16-5-7-17(25)8-6-16/h5-13,20-21H,4,14H2,1-3H3. The van der Waals surface area contributed by atoms with Gasteiger partial charge in [0.05, 0.1) is 13.2 Å². The highest BCUT2D eigenvalue weighted by molar-refractivity contribution is 6.09. The molecule has 1 saturated heterocycles. The maximum atomic E-state index is 13.5. The molecule has 8 nitrogen and oxygen atoms in total. The minimum Gasteiger partial charge on any atom is -0.494 e. The van der Waals surface area contributed by atoms with Crippen molar-refractivity contribution in [2.75, 3.05) is 18.6 Å². The molecule has 170 valence electrons. The fourth-order valence-corrected chi connectivity index (χ4v) is 4.45. The molecule has 9 heteroatoms. The molecule has 3 heterocycles. The smallest absolute Gasteiger partial charge is 0.328 e. The van der Waals surface area contributed by atoms with Crippen LogP contribution < -0.4 is 9.64 Å². The number of allylic oxidation sites excluding steroid dienone is 1. The normalized spacial score (nSPS) is 21.8. The molecule has 2 atom stereocenters. The predicted octanol–water partition coefficient (Wildman–Crippen LogP) is 3.37. The lowest BCUT2D eigenvalue weighted by Gasteiger charge is -2.40. The van der Waals surface area contributed by atoms with Gasteiger partial charge in [0.2, 0.25) is 5.96 Å². The van der Waals surface area contributed by atoms with Gasteiger partial charge in [-0.15, -0.1) is 0 Å². The number of aliphatic imine (C=N–C) groups is 1. The number of amides is 3. The second-order valence-corrected chi connectivity index (χ2v) is 8.17. The topological polar surface area (TPSA) is 68.7 Å². The second-order valence-electron chi connectivity index (χ2n) is 8.17. The molecule has 0 aromatic heterocycles. The Bertz CT molecular complexity index is 1160. The zero-order valence-electron chi connectivity index (χ0n) is 18.6. The SMILES string of the molecule is CCOc1ccc(N2C(C)=CN3C2=NC2C3C(=O)N(Cc3ccc(F)cc3)C(=O)N2C)cc1. The van der Waals surface area contributed by atoms with Crippen LogP contribution in [0.1, 0.15) is 19.4 Å². The number of benzene rings is 2. The first-order valence-electron chi connectivity index (χ1n) is 10.8. The third kappa shape index (κ3) is 3.40. The Hall–Kier alpha value is -3.88. The zero-order chi connectivity index (χ0) is 23.3. The molecule has 2 unspecified atom stereocenters. The Morgan fingerprint density at radius 2 is 1.76 bits per heavy atom. The quantitative estimate of drug-likeness (QED) is 0.700. The minimum atomic E-state index is -0.661. The Morgan fingerprint density at radius 1 is 1.06 bits per heavy atom. The van der Waals surface area contributed by atoms with Gasteiger partial charge in [-0.25, -0.2) is 14.2 Å². The van der Waals surface area contributed by atoms with Crippen LogP contribution in [0.3, 0.4) is 0 Å². The van der Waals surface area contributed by atoms with Gasteiger partial charge in [-0.05, 0) is 55.8 Å². The molecule has 0 radical (unpaired) electrons. The molecule has 2 aromatic rings. The van der Waals surface area contributed by atoms with E-state index < -0.39 is 18.2 Å². The van der Waals surface area contributed by atoms with E-state index in [0.717, 1.165) is 17.1 Å². The van der Waals surface area contributed by atoms with Crippen LogP contribution in [0.15, 0.2) is 65.4 Å². The van der Waals surface area contributed by atoms with Crippen molar-refractivity contribution < 1.29 is 18.7 Å². The summed E-state index contributed by atoms with van der Waals surface area (Å²) in [7, 11) is 1.65. The number of hydrogen-bond acceptors (Lipinski definition) is 6. The van der Waals surface area contributed by atoms with Gasteiger partial charge < -0.3 is 14.5 Å². The Morgan fingerprint density at radius 3 is 2.42 bits per heavy atom. The van der Waals surface area contributed by atoms with Crippen molar-refractivity contribution in [2.24, 2.45) is 4.99 Å². The Labute approximate surface area is 191 Å². The number of likely N-dealkylation sites (N-methyl/N-ethyl adjacent to an activating group) is 1. The van der Waals surface area contributed by atoms with E-state index in [1.807, 2.05) is 54.1 Å². The summed E-state index contributed by atoms with van der Waals surface area (Å²) in [6, 6.07) is 12.4. The number of carbonyl (C=O) groups excluding carboxylic acids is 2. The van der Waals surface area contributed by atoms with Crippen molar-refractivity contribution >= 4 is 23.6 Å². The number of ether oxygens (including phenoxy) is 1. The number of anilines is 1. The fourth-order valence-electron chi connectivity index (χ4n) is 4.45. The van der Waals surface area contributed by atoms with Crippen LogP contribution in [-0.4, -0.2) is 58.5 Å². The average Bonchev–Trinajstić information content (AvgIpc) is 3.32. The third-order valence-electron chi connectivity index (χ3n) is 6.05. The van der Waals surface area contributed by atoms with Crippen LogP contribution in [0, 0.1) is 5.82 Å². The lowest BCUT2D eigenvalue weighted by Crippen LogP contribution is -2.63. The van der Waals surface area contributed by atoms with Crippen LogP contribution in [0.25, 0.3) is 0 Å². The second kappa shape index (κ2) is 7.91. The number of hydrogen-bond donors (Lipinski definition) is 0. The van der Waals surface area contributed by atoms with Gasteiger partial charge in [-0.3, -0.25) is 14.6 Å². The van der Waals surface area contributed by atoms with Gasteiger partial charge in [0, 0.05) is 24.6 Å². The summed E-state index contributed by atoms with van der Waals surface area (Å²) in [4.78, 5) is 37.7. The molecule has 0 spiro atoms. The highest BCUT2D eigenvalue weighted by atomic mass is 19.1. The highest BCUT2D eigenvalue weighted by Gasteiger charge is 2.54. The lowest BCUT2D eigenvalue weighted by atomic mass is 10.1. The summed E-state index contributed by atoms with van der Waals surface area (Å²) in [6.45, 7) is 4.54. The number of carbonyl (C=O) groups is 2. The molecule has 3 aliphatic heterocycles. The van der Waals surface area contributed by atoms with Gasteiger partial charge in [0.15, 0.2) is 12.2 Å². The summed E-state index contributed by atoms with van der Waals surface area (Å²) in [5.74, 6) is 0.679. The first-order chi connectivity index (χ1) is 15.9. The molecular weight excluding hydrogens is 425 g/mol. The van der Waals surface area contributed by atoms with E-state index >= 15 is 0 Å². The van der Waals surface area contributed by atoms with Gasteiger partial charge in [-0.1, -0.05) is 12.1 Å². The molecule has 5 rings (SSSR count). The summed E-state index contributed by atoms with van der Waals surface area (Å²) in [5.41, 5.74) is 2.47. The molecule has 2 aromatic carbocycles. The van der Waals surface area contributed by atoms with Crippen molar-refractivity contribution in [3.8, 4) is 5.75 Å². The van der Waals surface area contributed by atoms with Crippen molar-refractivity contribution in [3.05, 3.63) is 71.8 Å². The molecular formula is C24H24FN5O3. The number of halogens is 1. The molecule has 33 heavy (non-hydrogen) atoms. The molecule has 1 fully saturated rings. The summed E-state index contributed by atoms with van der Waals surface area (Å²) >= 11 is 0. The van der Waals surface area contributed by atoms with E-state index in [1.54, 1.807) is 19.2 Å². The number of nitrogens with zero attached hydrogens (tertiary/aromatic N) is 5. The molecule has 3 aliphatic rings. The number of urea groups is 1. The van der Waals surface area contributed by atoms with E-state index in [4.69, 9.17) is 9.73 Å². The lowest BCUT2D eigenvalue weighted by molar-refractivity contribution is -0.137. The molecule has 0 saturated carbocycles. The first kappa shape index (κ1) is 21.0. The minimum absolute atomic E-state index is 0.0694. The van der Waals surface area contributed by atoms with Crippen molar-refractivity contribution in [3.63, 3.8) is 0 Å². The van der Waals surface area contributed by atoms with Crippen molar-refractivity contribution in [2.45, 2.75) is 32.6 Å². The van der Waals surface area contributed by atoms with Crippen LogP contribution in [0.5, 0.6) is 5.75 Å². The van der Waals surface area contributed by atoms with Gasteiger partial charge in [0.25, 0.3) is 5.91 Å². The first-order valence-corrected chi connectivity index (χ1v) is 10.8. The molecule has 0 aliphatic carbocycles. The van der Waals surface area contributed by atoms with Crippen LogP contribution in [-0.2, 0) is 11.3 Å². The number of guanidine groups is 1. The maximum absolute atomic E-state index is 13.5. The van der Waals surface area contributed by atoms with Crippen LogP contribution in [0.4, 0.5) is 14.9 Å². The monoisotopic (exact) mass is 449 g/mol. The number of rotatable bonds is 5. The predicted molar refractivity (Wildman–Crippen MR) is 121 cm³/mol. The fraction of sp³-hybridized carbons (Fsp3) is 0.292. The average molecular weight is 449 g/mol. The number of fused-ring (bicyclic) bond motifs is 3. The molecule has 0 bridgehead atoms. The third-order valence-corrected chi connectivity index (χ3v) is 6.05. The van der Waals surface area contributed by atoms with Crippen LogP contribution in [0.2, 0.25) is 0 Å². The van der Waals surface area contributed by atoms with Gasteiger partial charge >= 0.3 is 6.03 Å². The van der Waals surface area contributed by atoms with Crippen molar-refractivity contribution in [1.82, 2.24) is 14.7 Å². The van der Waals surface area contributed by atoms with E-state index in [-0.39, 0.29) is 18.3 Å². The Kier molecular flexibility index (Phi) is 5.03. The van der Waals surface area contributed by atoms with Crippen molar-refractivity contribution in [1.29, 1.82) is 0 Å². The van der Waals surface area contributed by atoms with E-state index in [0.29, 0.717) is 18.1 Å². The molecule has 3 amide bonds.